The first kappa shape index (κ1) is 9.16. The van der Waals surface area contributed by atoms with Crippen molar-refractivity contribution in [1.82, 2.24) is 5.48 Å². The number of halogens is 1. The van der Waals surface area contributed by atoms with Crippen molar-refractivity contribution in [3.05, 3.63) is 0 Å². The fraction of sp³-hybridized carbons (Fsp3) is 0.800. The van der Waals surface area contributed by atoms with Gasteiger partial charge in [-0.1, -0.05) is 13.3 Å². The number of carbonyl (C=O) groups is 1. The molecule has 0 bridgehead atoms. The zero-order valence-electron chi connectivity index (χ0n) is 5.63. The SMILES string of the molecule is CCCC(F)ONC(=O)O. The molecule has 60 valence electrons. The summed E-state index contributed by atoms with van der Waals surface area (Å²) >= 11 is 0. The Kier molecular flexibility index (Phi) is 4.57. The van der Waals surface area contributed by atoms with Crippen molar-refractivity contribution in [3.8, 4) is 0 Å². The molecule has 0 aromatic carbocycles. The number of rotatable bonds is 4. The van der Waals surface area contributed by atoms with Gasteiger partial charge >= 0.3 is 6.09 Å². The van der Waals surface area contributed by atoms with Crippen LogP contribution in [0, 0.1) is 0 Å². The highest BCUT2D eigenvalue weighted by Crippen LogP contribution is 2.00. The molecule has 0 rings (SSSR count). The summed E-state index contributed by atoms with van der Waals surface area (Å²) < 4.78 is 12.2. The first-order valence-electron chi connectivity index (χ1n) is 2.95. The lowest BCUT2D eigenvalue weighted by Gasteiger charge is -2.05. The number of alkyl halides is 1. The van der Waals surface area contributed by atoms with Crippen LogP contribution < -0.4 is 5.48 Å². The third-order valence-electron chi connectivity index (χ3n) is 0.790. The van der Waals surface area contributed by atoms with E-state index in [4.69, 9.17) is 5.11 Å². The van der Waals surface area contributed by atoms with Crippen molar-refractivity contribution in [1.29, 1.82) is 0 Å². The maximum absolute atomic E-state index is 12.2. The van der Waals surface area contributed by atoms with Gasteiger partial charge in [-0.25, -0.2) is 14.0 Å². The molecule has 1 atom stereocenters. The molecule has 0 aromatic rings. The first-order chi connectivity index (χ1) is 4.66. The lowest BCUT2D eigenvalue weighted by Crippen LogP contribution is -2.25. The van der Waals surface area contributed by atoms with E-state index in [0.717, 1.165) is 0 Å². The summed E-state index contributed by atoms with van der Waals surface area (Å²) in [7, 11) is 0. The second-order valence-corrected chi connectivity index (χ2v) is 1.72. The smallest absolute Gasteiger partial charge is 0.428 e. The van der Waals surface area contributed by atoms with Crippen molar-refractivity contribution in [2.75, 3.05) is 0 Å². The summed E-state index contributed by atoms with van der Waals surface area (Å²) in [5.74, 6) is 0. The van der Waals surface area contributed by atoms with E-state index in [-0.39, 0.29) is 6.42 Å². The molecular weight excluding hydrogens is 141 g/mol. The van der Waals surface area contributed by atoms with Crippen LogP contribution in [-0.4, -0.2) is 17.6 Å². The molecule has 0 aliphatic heterocycles. The Labute approximate surface area is 57.9 Å². The quantitative estimate of drug-likeness (QED) is 0.595. The molecule has 0 aliphatic rings. The molecule has 1 unspecified atom stereocenters. The van der Waals surface area contributed by atoms with Crippen LogP contribution in [0.3, 0.4) is 0 Å². The molecule has 0 fully saturated rings. The Morgan fingerprint density at radius 1 is 1.90 bits per heavy atom. The van der Waals surface area contributed by atoms with Crippen LogP contribution in [0.1, 0.15) is 19.8 Å². The minimum atomic E-state index is -1.54. The third-order valence-corrected chi connectivity index (χ3v) is 0.790. The Bertz CT molecular complexity index is 109. The largest absolute Gasteiger partial charge is 0.464 e. The molecule has 2 N–H and O–H groups in total. The van der Waals surface area contributed by atoms with E-state index in [1.54, 1.807) is 6.92 Å². The minimum absolute atomic E-state index is 0.195. The number of nitrogens with one attached hydrogen (secondary N) is 1. The number of hydrogen-bond acceptors (Lipinski definition) is 2. The van der Waals surface area contributed by atoms with E-state index in [1.165, 1.54) is 5.48 Å². The van der Waals surface area contributed by atoms with Crippen LogP contribution in [0.15, 0.2) is 0 Å². The zero-order valence-corrected chi connectivity index (χ0v) is 5.63. The van der Waals surface area contributed by atoms with Gasteiger partial charge < -0.3 is 5.11 Å². The van der Waals surface area contributed by atoms with Gasteiger partial charge in [0.2, 0.25) is 6.36 Å². The fourth-order valence-electron chi connectivity index (χ4n) is 0.400. The van der Waals surface area contributed by atoms with Gasteiger partial charge in [-0.05, 0) is 0 Å². The number of carboxylic acid groups (broad SMARTS) is 1. The number of hydroxylamine groups is 1. The van der Waals surface area contributed by atoms with Crippen LogP contribution in [0.25, 0.3) is 0 Å². The van der Waals surface area contributed by atoms with E-state index in [9.17, 15) is 9.18 Å². The summed E-state index contributed by atoms with van der Waals surface area (Å²) in [4.78, 5) is 13.7. The molecule has 0 heterocycles. The fourth-order valence-corrected chi connectivity index (χ4v) is 0.400. The Morgan fingerprint density at radius 2 is 2.50 bits per heavy atom. The van der Waals surface area contributed by atoms with Crippen molar-refractivity contribution in [2.45, 2.75) is 26.1 Å². The molecule has 0 aliphatic carbocycles. The summed E-state index contributed by atoms with van der Waals surface area (Å²) in [6, 6.07) is 0. The summed E-state index contributed by atoms with van der Waals surface area (Å²) in [6.07, 6.45) is -2.12. The van der Waals surface area contributed by atoms with Crippen LogP contribution in [0.4, 0.5) is 9.18 Å². The molecule has 0 aromatic heterocycles. The van der Waals surface area contributed by atoms with E-state index < -0.39 is 12.5 Å². The van der Waals surface area contributed by atoms with Gasteiger partial charge in [0.05, 0.1) is 0 Å². The lowest BCUT2D eigenvalue weighted by molar-refractivity contribution is -0.0905. The van der Waals surface area contributed by atoms with Gasteiger partial charge in [-0.2, -0.15) is 5.48 Å². The van der Waals surface area contributed by atoms with Gasteiger partial charge in [0.25, 0.3) is 0 Å². The van der Waals surface area contributed by atoms with Crippen molar-refractivity contribution in [2.24, 2.45) is 0 Å². The summed E-state index contributed by atoms with van der Waals surface area (Å²) in [5.41, 5.74) is 1.47. The second kappa shape index (κ2) is 4.99. The van der Waals surface area contributed by atoms with Crippen molar-refractivity contribution in [3.63, 3.8) is 0 Å². The van der Waals surface area contributed by atoms with E-state index >= 15 is 0 Å². The minimum Gasteiger partial charge on any atom is -0.464 e. The summed E-state index contributed by atoms with van der Waals surface area (Å²) in [6.45, 7) is 1.77. The lowest BCUT2D eigenvalue weighted by atomic mass is 10.3. The molecule has 0 saturated carbocycles. The second-order valence-electron chi connectivity index (χ2n) is 1.72. The third kappa shape index (κ3) is 5.30. The van der Waals surface area contributed by atoms with Crippen LogP contribution in [0.5, 0.6) is 0 Å². The maximum Gasteiger partial charge on any atom is 0.428 e. The number of hydrogen-bond donors (Lipinski definition) is 2. The highest BCUT2D eigenvalue weighted by molar-refractivity contribution is 5.62. The monoisotopic (exact) mass is 151 g/mol. The molecule has 1 amide bonds. The molecule has 5 heteroatoms. The predicted molar refractivity (Wildman–Crippen MR) is 32.0 cm³/mol. The molecule has 0 saturated heterocycles. The van der Waals surface area contributed by atoms with Gasteiger partial charge in [-0.15, -0.1) is 0 Å². The summed E-state index contributed by atoms with van der Waals surface area (Å²) in [5, 5.41) is 7.93. The normalized spacial score (nSPS) is 12.6. The Hall–Kier alpha value is -0.840. The van der Waals surface area contributed by atoms with Gasteiger partial charge in [0, 0.05) is 6.42 Å². The Balaban J connectivity index is 3.21. The Morgan fingerprint density at radius 3 is 2.90 bits per heavy atom. The van der Waals surface area contributed by atoms with Crippen LogP contribution in [0.2, 0.25) is 0 Å². The predicted octanol–water partition coefficient (Wildman–Crippen LogP) is 1.28. The number of amides is 1. The average molecular weight is 151 g/mol. The maximum atomic E-state index is 12.2. The average Bonchev–Trinajstić information content (AvgIpc) is 1.85. The van der Waals surface area contributed by atoms with Crippen LogP contribution in [-0.2, 0) is 4.84 Å². The highest BCUT2D eigenvalue weighted by Gasteiger charge is 2.05. The zero-order chi connectivity index (χ0) is 7.98. The van der Waals surface area contributed by atoms with Crippen LogP contribution >= 0.6 is 0 Å². The molecule has 4 nitrogen and oxygen atoms in total. The van der Waals surface area contributed by atoms with E-state index in [2.05, 4.69) is 4.84 Å². The molecular formula is C5H10FNO3. The molecule has 0 radical (unpaired) electrons. The highest BCUT2D eigenvalue weighted by atomic mass is 19.1. The standard InChI is InChI=1S/C5H10FNO3/c1-2-3-4(6)10-7-5(8)9/h4,7H,2-3H2,1H3,(H,8,9). The topological polar surface area (TPSA) is 58.6 Å². The molecule has 0 spiro atoms. The van der Waals surface area contributed by atoms with Gasteiger partial charge in [0.1, 0.15) is 0 Å². The van der Waals surface area contributed by atoms with E-state index in [1.807, 2.05) is 0 Å². The van der Waals surface area contributed by atoms with Crippen molar-refractivity contribution >= 4 is 6.09 Å². The first-order valence-corrected chi connectivity index (χ1v) is 2.95. The van der Waals surface area contributed by atoms with Gasteiger partial charge in [-0.3, -0.25) is 0 Å². The van der Waals surface area contributed by atoms with Crippen molar-refractivity contribution < 1.29 is 19.1 Å². The molecule has 10 heavy (non-hydrogen) atoms. The van der Waals surface area contributed by atoms with Gasteiger partial charge in [0.15, 0.2) is 0 Å². The van der Waals surface area contributed by atoms with E-state index in [0.29, 0.717) is 6.42 Å².